The van der Waals surface area contributed by atoms with Gasteiger partial charge in [-0.25, -0.2) is 0 Å². The standard InChI is InChI=1S/C23H26N4O3/c1-26-15-18(16-10-12-24-13-11-16)21(25-26)19-8-4-5-14-27(19)23(28)17-7-6-9-20(29-2)22(17)30-3/h6-7,9-13,15,19H,4-5,8,14H2,1-3H3/t19-/m1/s1. The minimum atomic E-state index is -0.105. The highest BCUT2D eigenvalue weighted by Crippen LogP contribution is 2.39. The van der Waals surface area contributed by atoms with Gasteiger partial charge in [-0.15, -0.1) is 0 Å². The van der Waals surface area contributed by atoms with E-state index in [2.05, 4.69) is 4.98 Å². The van der Waals surface area contributed by atoms with Crippen LogP contribution in [0.25, 0.3) is 11.1 Å². The Morgan fingerprint density at radius 3 is 2.63 bits per heavy atom. The lowest BCUT2D eigenvalue weighted by atomic mass is 9.94. The van der Waals surface area contributed by atoms with Crippen LogP contribution in [0.15, 0.2) is 48.9 Å². The van der Waals surface area contributed by atoms with E-state index in [1.807, 2.05) is 41.0 Å². The van der Waals surface area contributed by atoms with Gasteiger partial charge in [0, 0.05) is 37.7 Å². The van der Waals surface area contributed by atoms with Crippen molar-refractivity contribution in [2.24, 2.45) is 7.05 Å². The van der Waals surface area contributed by atoms with Crippen LogP contribution >= 0.6 is 0 Å². The SMILES string of the molecule is COc1cccc(C(=O)N2CCCC[C@@H]2c2nn(C)cc2-c2ccncc2)c1OC. The zero-order valence-corrected chi connectivity index (χ0v) is 17.5. The van der Waals surface area contributed by atoms with Gasteiger partial charge in [0.25, 0.3) is 5.91 Å². The first kappa shape index (κ1) is 19.9. The van der Waals surface area contributed by atoms with Crippen LogP contribution in [-0.2, 0) is 7.05 Å². The van der Waals surface area contributed by atoms with E-state index in [-0.39, 0.29) is 11.9 Å². The minimum Gasteiger partial charge on any atom is -0.493 e. The van der Waals surface area contributed by atoms with Gasteiger partial charge in [0.15, 0.2) is 11.5 Å². The van der Waals surface area contributed by atoms with E-state index < -0.39 is 0 Å². The number of likely N-dealkylation sites (tertiary alicyclic amines) is 1. The molecule has 0 bridgehead atoms. The lowest BCUT2D eigenvalue weighted by molar-refractivity contribution is 0.0602. The van der Waals surface area contributed by atoms with Crippen molar-refractivity contribution >= 4 is 5.91 Å². The normalized spacial score (nSPS) is 16.4. The number of methoxy groups -OCH3 is 2. The number of aryl methyl sites for hydroxylation is 1. The van der Waals surface area contributed by atoms with Gasteiger partial charge in [-0.1, -0.05) is 6.07 Å². The largest absolute Gasteiger partial charge is 0.493 e. The smallest absolute Gasteiger partial charge is 0.258 e. The van der Waals surface area contributed by atoms with Crippen molar-refractivity contribution < 1.29 is 14.3 Å². The van der Waals surface area contributed by atoms with Crippen molar-refractivity contribution in [3.8, 4) is 22.6 Å². The summed E-state index contributed by atoms with van der Waals surface area (Å²) in [6.45, 7) is 0.677. The van der Waals surface area contributed by atoms with Crippen LogP contribution in [0.2, 0.25) is 0 Å². The van der Waals surface area contributed by atoms with Crippen molar-refractivity contribution in [2.75, 3.05) is 20.8 Å². The molecule has 30 heavy (non-hydrogen) atoms. The van der Waals surface area contributed by atoms with Gasteiger partial charge in [-0.3, -0.25) is 14.5 Å². The Morgan fingerprint density at radius 1 is 1.10 bits per heavy atom. The zero-order valence-electron chi connectivity index (χ0n) is 17.5. The number of ether oxygens (including phenoxy) is 2. The number of aromatic nitrogens is 3. The first-order chi connectivity index (χ1) is 14.6. The van der Waals surface area contributed by atoms with Crippen molar-refractivity contribution in [3.63, 3.8) is 0 Å². The second-order valence-electron chi connectivity index (χ2n) is 7.39. The lowest BCUT2D eigenvalue weighted by Crippen LogP contribution is -2.39. The molecule has 1 amide bonds. The number of carbonyl (C=O) groups is 1. The molecule has 2 aromatic heterocycles. The van der Waals surface area contributed by atoms with Crippen LogP contribution in [0.4, 0.5) is 0 Å². The van der Waals surface area contributed by atoms with Crippen LogP contribution in [-0.4, -0.2) is 46.3 Å². The summed E-state index contributed by atoms with van der Waals surface area (Å²) in [6.07, 6.45) is 8.44. The molecule has 3 aromatic rings. The molecular weight excluding hydrogens is 380 g/mol. The summed E-state index contributed by atoms with van der Waals surface area (Å²) in [4.78, 5) is 19.7. The zero-order chi connectivity index (χ0) is 21.1. The highest BCUT2D eigenvalue weighted by atomic mass is 16.5. The molecule has 7 nitrogen and oxygen atoms in total. The predicted molar refractivity (Wildman–Crippen MR) is 114 cm³/mol. The summed E-state index contributed by atoms with van der Waals surface area (Å²) in [5.41, 5.74) is 3.50. The van der Waals surface area contributed by atoms with Crippen molar-refractivity contribution in [1.82, 2.24) is 19.7 Å². The summed E-state index contributed by atoms with van der Waals surface area (Å²) >= 11 is 0. The molecule has 156 valence electrons. The molecule has 0 radical (unpaired) electrons. The van der Waals surface area contributed by atoms with Gasteiger partial charge in [0.2, 0.25) is 0 Å². The van der Waals surface area contributed by atoms with E-state index >= 15 is 0 Å². The first-order valence-electron chi connectivity index (χ1n) is 10.1. The van der Waals surface area contributed by atoms with Crippen molar-refractivity contribution in [1.29, 1.82) is 0 Å². The summed E-state index contributed by atoms with van der Waals surface area (Å²) < 4.78 is 12.7. The van der Waals surface area contributed by atoms with Gasteiger partial charge in [0.05, 0.1) is 31.5 Å². The number of pyridine rings is 1. The third kappa shape index (κ3) is 3.63. The Hall–Kier alpha value is -3.35. The van der Waals surface area contributed by atoms with E-state index in [9.17, 15) is 4.79 Å². The molecule has 3 heterocycles. The number of hydrogen-bond donors (Lipinski definition) is 0. The molecule has 0 N–H and O–H groups in total. The topological polar surface area (TPSA) is 69.5 Å². The van der Waals surface area contributed by atoms with Crippen LogP contribution in [0.1, 0.15) is 41.4 Å². The predicted octanol–water partition coefficient (Wildman–Crippen LogP) is 3.87. The fourth-order valence-electron chi connectivity index (χ4n) is 4.17. The number of para-hydroxylation sites is 1. The van der Waals surface area contributed by atoms with E-state index in [0.29, 0.717) is 23.6 Å². The van der Waals surface area contributed by atoms with E-state index in [1.165, 1.54) is 0 Å². The van der Waals surface area contributed by atoms with Crippen molar-refractivity contribution in [2.45, 2.75) is 25.3 Å². The Bertz CT molecular complexity index is 1030. The number of benzene rings is 1. The van der Waals surface area contributed by atoms with Crippen LogP contribution in [0, 0.1) is 0 Å². The van der Waals surface area contributed by atoms with Gasteiger partial charge in [0.1, 0.15) is 0 Å². The molecule has 0 aliphatic carbocycles. The number of nitrogens with zero attached hydrogens (tertiary/aromatic N) is 4. The molecule has 1 aliphatic heterocycles. The fraction of sp³-hybridized carbons (Fsp3) is 0.348. The maximum Gasteiger partial charge on any atom is 0.258 e. The molecule has 0 saturated carbocycles. The molecule has 1 saturated heterocycles. The third-order valence-electron chi connectivity index (χ3n) is 5.56. The number of hydrogen-bond acceptors (Lipinski definition) is 5. The molecule has 4 rings (SSSR count). The van der Waals surface area contributed by atoms with E-state index in [4.69, 9.17) is 14.6 Å². The Labute approximate surface area is 176 Å². The molecule has 1 fully saturated rings. The summed E-state index contributed by atoms with van der Waals surface area (Å²) in [5, 5.41) is 4.76. The summed E-state index contributed by atoms with van der Waals surface area (Å²) in [5.74, 6) is 0.943. The Balaban J connectivity index is 1.75. The maximum atomic E-state index is 13.6. The number of rotatable bonds is 5. The molecule has 0 spiro atoms. The average molecular weight is 406 g/mol. The van der Waals surface area contributed by atoms with Crippen molar-refractivity contribution in [3.05, 3.63) is 60.2 Å². The highest BCUT2D eigenvalue weighted by molar-refractivity contribution is 5.98. The average Bonchev–Trinajstić information content (AvgIpc) is 3.20. The van der Waals surface area contributed by atoms with Gasteiger partial charge < -0.3 is 14.4 Å². The van der Waals surface area contributed by atoms with Crippen LogP contribution < -0.4 is 9.47 Å². The second-order valence-corrected chi connectivity index (χ2v) is 7.39. The summed E-state index contributed by atoms with van der Waals surface area (Å²) in [6, 6.07) is 9.24. The molecule has 1 atom stereocenters. The number of piperidine rings is 1. The first-order valence-corrected chi connectivity index (χ1v) is 10.1. The lowest BCUT2D eigenvalue weighted by Gasteiger charge is -2.35. The molecule has 7 heteroatoms. The maximum absolute atomic E-state index is 13.6. The molecular formula is C23H26N4O3. The second kappa shape index (κ2) is 8.57. The van der Waals surface area contributed by atoms with Gasteiger partial charge >= 0.3 is 0 Å². The number of carbonyl (C=O) groups excluding carboxylic acids is 1. The Morgan fingerprint density at radius 2 is 1.90 bits per heavy atom. The van der Waals surface area contributed by atoms with E-state index in [1.54, 1.807) is 38.7 Å². The highest BCUT2D eigenvalue weighted by Gasteiger charge is 2.34. The van der Waals surface area contributed by atoms with Gasteiger partial charge in [-0.05, 0) is 49.1 Å². The fourth-order valence-corrected chi connectivity index (χ4v) is 4.17. The quantitative estimate of drug-likeness (QED) is 0.643. The van der Waals surface area contributed by atoms with Crippen LogP contribution in [0.3, 0.4) is 0 Å². The molecule has 1 aliphatic rings. The third-order valence-corrected chi connectivity index (χ3v) is 5.56. The summed E-state index contributed by atoms with van der Waals surface area (Å²) in [7, 11) is 5.04. The van der Waals surface area contributed by atoms with Crippen LogP contribution in [0.5, 0.6) is 11.5 Å². The van der Waals surface area contributed by atoms with Gasteiger partial charge in [-0.2, -0.15) is 5.10 Å². The minimum absolute atomic E-state index is 0.0678. The molecule has 1 aromatic carbocycles. The number of amides is 1. The molecule has 0 unspecified atom stereocenters. The monoisotopic (exact) mass is 406 g/mol. The Kier molecular flexibility index (Phi) is 5.70. The van der Waals surface area contributed by atoms with E-state index in [0.717, 1.165) is 36.1 Å².